The molecular formula is C52H32N2S. The Hall–Kier alpha value is -6.81. The largest absolute Gasteiger partial charge is 0.309 e. The maximum Gasteiger partial charge on any atom is 0.0751 e. The van der Waals surface area contributed by atoms with E-state index in [9.17, 15) is 0 Å². The fraction of sp³-hybridized carbons (Fsp3) is 0.0192. The summed E-state index contributed by atoms with van der Waals surface area (Å²) in [6.45, 7) is 2.26. The molecule has 1 aliphatic rings. The number of nitrogens with zero attached hydrogens (tertiary/aromatic N) is 2. The van der Waals surface area contributed by atoms with E-state index in [2.05, 4.69) is 188 Å². The molecule has 0 spiro atoms. The lowest BCUT2D eigenvalue weighted by Gasteiger charge is -2.35. The third kappa shape index (κ3) is 4.39. The van der Waals surface area contributed by atoms with E-state index in [0.29, 0.717) is 0 Å². The second kappa shape index (κ2) is 11.6. The zero-order chi connectivity index (χ0) is 36.2. The van der Waals surface area contributed by atoms with Gasteiger partial charge >= 0.3 is 0 Å². The van der Waals surface area contributed by atoms with Crippen LogP contribution in [0.3, 0.4) is 0 Å². The molecule has 0 fully saturated rings. The van der Waals surface area contributed by atoms with Gasteiger partial charge in [0.15, 0.2) is 0 Å². The van der Waals surface area contributed by atoms with E-state index >= 15 is 0 Å². The van der Waals surface area contributed by atoms with Crippen LogP contribution in [-0.4, -0.2) is 4.98 Å². The molecular weight excluding hydrogens is 685 g/mol. The highest BCUT2D eigenvalue weighted by molar-refractivity contribution is 7.25. The summed E-state index contributed by atoms with van der Waals surface area (Å²) in [5.41, 5.74) is 12.9. The average Bonchev–Trinajstić information content (AvgIpc) is 3.61. The van der Waals surface area contributed by atoms with Crippen molar-refractivity contribution in [2.24, 2.45) is 0 Å². The third-order valence-electron chi connectivity index (χ3n) is 11.7. The lowest BCUT2D eigenvalue weighted by Crippen LogP contribution is -2.15. The molecule has 0 amide bonds. The summed E-state index contributed by atoms with van der Waals surface area (Å²) in [6, 6.07) is 64.6. The normalized spacial score (nSPS) is 12.4. The summed E-state index contributed by atoms with van der Waals surface area (Å²) in [6.07, 6.45) is 0. The first-order chi connectivity index (χ1) is 27.2. The van der Waals surface area contributed by atoms with E-state index in [1.165, 1.54) is 97.1 Å². The molecule has 0 N–H and O–H groups in total. The molecule has 1 aliphatic heterocycles. The lowest BCUT2D eigenvalue weighted by molar-refractivity contribution is 1.30. The van der Waals surface area contributed by atoms with Gasteiger partial charge in [-0.15, -0.1) is 11.3 Å². The van der Waals surface area contributed by atoms with Crippen LogP contribution in [0.4, 0.5) is 17.1 Å². The van der Waals surface area contributed by atoms with E-state index in [-0.39, 0.29) is 0 Å². The Bertz CT molecular complexity index is 3400. The summed E-state index contributed by atoms with van der Waals surface area (Å²) in [5, 5.41) is 11.2. The van der Waals surface area contributed by atoms with Gasteiger partial charge < -0.3 is 4.90 Å². The van der Waals surface area contributed by atoms with Gasteiger partial charge in [0, 0.05) is 47.5 Å². The SMILES string of the molecule is Cc1c(-c2cccc3c(N4c5ccc6ccccc6c5-c5cccc6cccc4c56)cccc23)nc2ccccc2c1-c1ccc2c(c1)sc1ccccc12. The average molecular weight is 717 g/mol. The van der Waals surface area contributed by atoms with Crippen LogP contribution in [0.25, 0.3) is 96.9 Å². The lowest BCUT2D eigenvalue weighted by atomic mass is 9.87. The molecule has 9 aromatic carbocycles. The second-order valence-electron chi connectivity index (χ2n) is 14.7. The van der Waals surface area contributed by atoms with Gasteiger partial charge in [0.05, 0.1) is 28.3 Å². The number of hydrogen-bond acceptors (Lipinski definition) is 3. The predicted molar refractivity (Wildman–Crippen MR) is 236 cm³/mol. The van der Waals surface area contributed by atoms with Crippen LogP contribution in [0.1, 0.15) is 5.56 Å². The van der Waals surface area contributed by atoms with Crippen LogP contribution in [0.2, 0.25) is 0 Å². The smallest absolute Gasteiger partial charge is 0.0751 e. The molecule has 0 atom stereocenters. The number of rotatable bonds is 3. The Morgan fingerprint density at radius 3 is 2.04 bits per heavy atom. The van der Waals surface area contributed by atoms with E-state index in [0.717, 1.165) is 22.5 Å². The van der Waals surface area contributed by atoms with Gasteiger partial charge in [-0.25, -0.2) is 4.98 Å². The van der Waals surface area contributed by atoms with Gasteiger partial charge in [-0.1, -0.05) is 140 Å². The Morgan fingerprint density at radius 1 is 0.436 bits per heavy atom. The highest BCUT2D eigenvalue weighted by Gasteiger charge is 2.29. The number of para-hydroxylation sites is 1. The van der Waals surface area contributed by atoms with Crippen molar-refractivity contribution in [3.63, 3.8) is 0 Å². The van der Waals surface area contributed by atoms with Crippen LogP contribution in [0.5, 0.6) is 0 Å². The van der Waals surface area contributed by atoms with Crippen molar-refractivity contribution < 1.29 is 0 Å². The van der Waals surface area contributed by atoms with Crippen LogP contribution >= 0.6 is 11.3 Å². The molecule has 3 heteroatoms. The van der Waals surface area contributed by atoms with E-state index in [4.69, 9.17) is 4.98 Å². The monoisotopic (exact) mass is 716 g/mol. The Morgan fingerprint density at radius 2 is 1.11 bits per heavy atom. The minimum absolute atomic E-state index is 1.00. The first-order valence-corrected chi connectivity index (χ1v) is 19.7. The number of aromatic nitrogens is 1. The van der Waals surface area contributed by atoms with Crippen molar-refractivity contribution in [3.8, 4) is 33.5 Å². The van der Waals surface area contributed by atoms with E-state index in [1.807, 2.05) is 11.3 Å². The molecule has 0 radical (unpaired) electrons. The molecule has 0 saturated carbocycles. The predicted octanol–water partition coefficient (Wildman–Crippen LogP) is 15.2. The van der Waals surface area contributed by atoms with Gasteiger partial charge in [-0.3, -0.25) is 0 Å². The number of benzene rings is 9. The zero-order valence-corrected chi connectivity index (χ0v) is 30.9. The number of anilines is 3. The Labute approximate surface area is 322 Å². The van der Waals surface area contributed by atoms with Gasteiger partial charge in [-0.2, -0.15) is 0 Å². The van der Waals surface area contributed by atoms with Crippen LogP contribution in [-0.2, 0) is 0 Å². The summed E-state index contributed by atoms with van der Waals surface area (Å²) in [7, 11) is 0. The van der Waals surface area contributed by atoms with Crippen molar-refractivity contribution in [3.05, 3.63) is 181 Å². The number of thiophene rings is 1. The Balaban J connectivity index is 1.11. The molecule has 256 valence electrons. The zero-order valence-electron chi connectivity index (χ0n) is 30.0. The Kier molecular flexibility index (Phi) is 6.46. The van der Waals surface area contributed by atoms with E-state index in [1.54, 1.807) is 0 Å². The summed E-state index contributed by atoms with van der Waals surface area (Å²) in [4.78, 5) is 7.94. The van der Waals surface area contributed by atoms with Gasteiger partial charge in [0.25, 0.3) is 0 Å². The first kappa shape index (κ1) is 30.6. The van der Waals surface area contributed by atoms with Crippen molar-refractivity contribution in [1.82, 2.24) is 4.98 Å². The molecule has 0 unspecified atom stereocenters. The minimum atomic E-state index is 1.00. The van der Waals surface area contributed by atoms with Gasteiger partial charge in [0.1, 0.15) is 0 Å². The minimum Gasteiger partial charge on any atom is -0.309 e. The van der Waals surface area contributed by atoms with Crippen molar-refractivity contribution >= 4 is 91.8 Å². The number of fused-ring (bicyclic) bond motifs is 9. The number of pyridine rings is 1. The fourth-order valence-corrected chi connectivity index (χ4v) is 10.5. The van der Waals surface area contributed by atoms with Gasteiger partial charge in [0.2, 0.25) is 0 Å². The van der Waals surface area contributed by atoms with Crippen LogP contribution in [0.15, 0.2) is 176 Å². The highest BCUT2D eigenvalue weighted by Crippen LogP contribution is 2.54. The van der Waals surface area contributed by atoms with Crippen molar-refractivity contribution in [2.45, 2.75) is 6.92 Å². The molecule has 12 rings (SSSR count). The van der Waals surface area contributed by atoms with Gasteiger partial charge in [-0.05, 0) is 87.1 Å². The maximum absolute atomic E-state index is 5.44. The van der Waals surface area contributed by atoms with Crippen molar-refractivity contribution in [1.29, 1.82) is 0 Å². The molecule has 55 heavy (non-hydrogen) atoms. The maximum atomic E-state index is 5.44. The highest BCUT2D eigenvalue weighted by atomic mass is 32.1. The topological polar surface area (TPSA) is 16.1 Å². The first-order valence-electron chi connectivity index (χ1n) is 18.9. The van der Waals surface area contributed by atoms with Crippen molar-refractivity contribution in [2.75, 3.05) is 4.90 Å². The molecule has 2 aromatic heterocycles. The molecule has 0 saturated heterocycles. The summed E-state index contributed by atoms with van der Waals surface area (Å²) in [5.74, 6) is 0. The fourth-order valence-electron chi connectivity index (χ4n) is 9.35. The third-order valence-corrected chi connectivity index (χ3v) is 12.9. The van der Waals surface area contributed by atoms with Crippen LogP contribution in [0, 0.1) is 6.92 Å². The molecule has 0 aliphatic carbocycles. The second-order valence-corrected chi connectivity index (χ2v) is 15.7. The molecule has 2 nitrogen and oxygen atoms in total. The molecule has 3 heterocycles. The standard InChI is InChI=1S/C52H32N2S/c1-31-49(34-26-28-39-38-16-5-7-25-47(38)55-48(39)30-34)41-17-4-6-22-43(41)53-52(31)40-20-10-19-37-36(40)18-11-23-44(37)54-45-24-9-14-33-13-8-21-42(50(33)45)51-35-15-3-2-12-32(35)27-29-46(51)54/h2-30H,1H3. The van der Waals surface area contributed by atoms with Crippen LogP contribution < -0.4 is 4.90 Å². The summed E-state index contributed by atoms with van der Waals surface area (Å²) < 4.78 is 2.63. The van der Waals surface area contributed by atoms with E-state index < -0.39 is 0 Å². The summed E-state index contributed by atoms with van der Waals surface area (Å²) >= 11 is 1.87. The quantitative estimate of drug-likeness (QED) is 0.181. The molecule has 0 bridgehead atoms. The number of hydrogen-bond donors (Lipinski definition) is 0. The molecule has 11 aromatic rings.